The van der Waals surface area contributed by atoms with Crippen LogP contribution < -0.4 is 9.64 Å². The van der Waals surface area contributed by atoms with Crippen molar-refractivity contribution in [1.82, 2.24) is 0 Å². The quantitative estimate of drug-likeness (QED) is 0.373. The Hall–Kier alpha value is -2.78. The van der Waals surface area contributed by atoms with Crippen LogP contribution >= 0.6 is 11.6 Å². The van der Waals surface area contributed by atoms with Crippen LogP contribution in [0.3, 0.4) is 0 Å². The fraction of sp³-hybridized carbons (Fsp3) is 0.269. The summed E-state index contributed by atoms with van der Waals surface area (Å²) in [6.45, 7) is 7.12. The van der Waals surface area contributed by atoms with Crippen LogP contribution in [0.1, 0.15) is 32.8 Å². The van der Waals surface area contributed by atoms with E-state index in [2.05, 4.69) is 20.8 Å². The Labute approximate surface area is 185 Å². The van der Waals surface area contributed by atoms with E-state index in [0.29, 0.717) is 12.3 Å². The molecule has 0 heterocycles. The number of hydrogen-bond acceptors (Lipinski definition) is 2. The molecule has 0 atom stereocenters. The van der Waals surface area contributed by atoms with Gasteiger partial charge >= 0.3 is 0 Å². The van der Waals surface area contributed by atoms with Crippen molar-refractivity contribution in [2.24, 2.45) is 5.92 Å². The SMILES string of the molecule is CCC(C)C.O=C(CCl)N(Cc1ccccc1)c1ccc(Oc2ccccc2)cc1. The predicted molar refractivity (Wildman–Crippen MR) is 126 cm³/mol. The highest BCUT2D eigenvalue weighted by Crippen LogP contribution is 2.25. The van der Waals surface area contributed by atoms with E-state index >= 15 is 0 Å². The van der Waals surface area contributed by atoms with Gasteiger partial charge in [-0.3, -0.25) is 4.79 Å². The lowest BCUT2D eigenvalue weighted by Crippen LogP contribution is -2.31. The number of hydrogen-bond donors (Lipinski definition) is 0. The molecule has 3 nitrogen and oxygen atoms in total. The average molecular weight is 424 g/mol. The second-order valence-electron chi connectivity index (χ2n) is 7.31. The average Bonchev–Trinajstić information content (AvgIpc) is 2.79. The minimum absolute atomic E-state index is 0.0604. The lowest BCUT2D eigenvalue weighted by molar-refractivity contribution is -0.116. The van der Waals surface area contributed by atoms with E-state index in [1.807, 2.05) is 84.9 Å². The van der Waals surface area contributed by atoms with Gasteiger partial charge in [-0.2, -0.15) is 0 Å². The molecule has 0 N–H and O–H groups in total. The molecule has 158 valence electrons. The number of nitrogens with zero attached hydrogens (tertiary/aromatic N) is 1. The Morgan fingerprint density at radius 2 is 1.37 bits per heavy atom. The molecule has 0 radical (unpaired) electrons. The van der Waals surface area contributed by atoms with E-state index in [4.69, 9.17) is 16.3 Å². The standard InChI is InChI=1S/C21H18ClNO2.C5H12/c22-15-21(24)23(16-17-7-3-1-4-8-17)18-11-13-20(14-12-18)25-19-9-5-2-6-10-19;1-4-5(2)3/h1-14H,15-16H2;5H,4H2,1-3H3. The largest absolute Gasteiger partial charge is 0.457 e. The van der Waals surface area contributed by atoms with Gasteiger partial charge in [0.15, 0.2) is 0 Å². The number of anilines is 1. The Bertz CT molecular complexity index is 865. The number of ether oxygens (including phenoxy) is 1. The van der Waals surface area contributed by atoms with E-state index in [1.54, 1.807) is 4.90 Å². The molecular weight excluding hydrogens is 394 g/mol. The Balaban J connectivity index is 0.000000575. The molecule has 0 bridgehead atoms. The first-order chi connectivity index (χ1) is 14.5. The first-order valence-electron chi connectivity index (χ1n) is 10.3. The monoisotopic (exact) mass is 423 g/mol. The molecule has 1 amide bonds. The minimum atomic E-state index is -0.137. The van der Waals surface area contributed by atoms with E-state index in [1.165, 1.54) is 6.42 Å². The number of rotatable bonds is 7. The van der Waals surface area contributed by atoms with Gasteiger partial charge in [0.25, 0.3) is 0 Å². The highest BCUT2D eigenvalue weighted by Gasteiger charge is 2.15. The topological polar surface area (TPSA) is 29.5 Å². The smallest absolute Gasteiger partial charge is 0.242 e. The van der Waals surface area contributed by atoms with Crippen molar-refractivity contribution in [2.75, 3.05) is 10.8 Å². The number of carbonyl (C=O) groups is 1. The summed E-state index contributed by atoms with van der Waals surface area (Å²) in [6, 6.07) is 26.8. The zero-order valence-corrected chi connectivity index (χ0v) is 18.7. The molecular formula is C26H30ClNO2. The summed E-state index contributed by atoms with van der Waals surface area (Å²) >= 11 is 5.79. The molecule has 0 aliphatic heterocycles. The molecule has 0 aliphatic carbocycles. The van der Waals surface area contributed by atoms with Gasteiger partial charge < -0.3 is 9.64 Å². The fourth-order valence-electron chi connectivity index (χ4n) is 2.48. The minimum Gasteiger partial charge on any atom is -0.457 e. The van der Waals surface area contributed by atoms with Crippen LogP contribution in [0.2, 0.25) is 0 Å². The normalized spacial score (nSPS) is 10.2. The van der Waals surface area contributed by atoms with E-state index in [9.17, 15) is 4.79 Å². The molecule has 0 aromatic heterocycles. The molecule has 4 heteroatoms. The number of para-hydroxylation sites is 1. The summed E-state index contributed by atoms with van der Waals surface area (Å²) in [5.74, 6) is 2.17. The molecule has 0 spiro atoms. The molecule has 0 aliphatic rings. The molecule has 0 saturated heterocycles. The summed E-state index contributed by atoms with van der Waals surface area (Å²) in [6.07, 6.45) is 1.31. The van der Waals surface area contributed by atoms with Gasteiger partial charge in [-0.25, -0.2) is 0 Å². The van der Waals surface area contributed by atoms with Crippen molar-refractivity contribution in [1.29, 1.82) is 0 Å². The molecule has 3 aromatic carbocycles. The Morgan fingerprint density at radius 3 is 1.87 bits per heavy atom. The van der Waals surface area contributed by atoms with Crippen LogP contribution in [0.4, 0.5) is 5.69 Å². The Morgan fingerprint density at radius 1 is 0.867 bits per heavy atom. The van der Waals surface area contributed by atoms with Gasteiger partial charge in [0.05, 0.1) is 6.54 Å². The third kappa shape index (κ3) is 7.92. The number of carbonyl (C=O) groups excluding carboxylic acids is 1. The van der Waals surface area contributed by atoms with Crippen molar-refractivity contribution in [3.8, 4) is 11.5 Å². The summed E-state index contributed by atoms with van der Waals surface area (Å²) in [5.41, 5.74) is 1.83. The van der Waals surface area contributed by atoms with Gasteiger partial charge in [0.2, 0.25) is 5.91 Å². The summed E-state index contributed by atoms with van der Waals surface area (Å²) in [5, 5.41) is 0. The molecule has 3 rings (SSSR count). The maximum absolute atomic E-state index is 12.3. The fourth-order valence-corrected chi connectivity index (χ4v) is 2.62. The molecule has 0 saturated carbocycles. The van der Waals surface area contributed by atoms with Crippen molar-refractivity contribution in [3.05, 3.63) is 90.5 Å². The maximum atomic E-state index is 12.3. The number of halogens is 1. The predicted octanol–water partition coefficient (Wildman–Crippen LogP) is 7.30. The summed E-state index contributed by atoms with van der Waals surface area (Å²) in [4.78, 5) is 13.9. The first kappa shape index (κ1) is 23.5. The van der Waals surface area contributed by atoms with Gasteiger partial charge in [-0.05, 0) is 47.9 Å². The van der Waals surface area contributed by atoms with Crippen molar-refractivity contribution in [3.63, 3.8) is 0 Å². The van der Waals surface area contributed by atoms with Crippen molar-refractivity contribution < 1.29 is 9.53 Å². The van der Waals surface area contributed by atoms with Crippen molar-refractivity contribution in [2.45, 2.75) is 33.7 Å². The third-order valence-electron chi connectivity index (χ3n) is 4.54. The van der Waals surface area contributed by atoms with Crippen LogP contribution in [0.25, 0.3) is 0 Å². The molecule has 0 fully saturated rings. The molecule has 0 unspecified atom stereocenters. The van der Waals surface area contributed by atoms with Crippen LogP contribution in [0.15, 0.2) is 84.9 Å². The second-order valence-corrected chi connectivity index (χ2v) is 7.58. The van der Waals surface area contributed by atoms with Gasteiger partial charge in [-0.15, -0.1) is 11.6 Å². The number of alkyl halides is 1. The number of benzene rings is 3. The maximum Gasteiger partial charge on any atom is 0.242 e. The van der Waals surface area contributed by atoms with E-state index in [-0.39, 0.29) is 11.8 Å². The zero-order chi connectivity index (χ0) is 21.8. The lowest BCUT2D eigenvalue weighted by atomic mass is 10.2. The Kier molecular flexibility index (Phi) is 9.96. The van der Waals surface area contributed by atoms with Gasteiger partial charge in [-0.1, -0.05) is 75.7 Å². The van der Waals surface area contributed by atoms with Crippen LogP contribution in [0, 0.1) is 5.92 Å². The van der Waals surface area contributed by atoms with E-state index < -0.39 is 0 Å². The highest BCUT2D eigenvalue weighted by atomic mass is 35.5. The highest BCUT2D eigenvalue weighted by molar-refractivity contribution is 6.29. The van der Waals surface area contributed by atoms with Crippen molar-refractivity contribution >= 4 is 23.2 Å². The molecule has 3 aromatic rings. The zero-order valence-electron chi connectivity index (χ0n) is 17.9. The van der Waals surface area contributed by atoms with Gasteiger partial charge in [0, 0.05) is 5.69 Å². The summed E-state index contributed by atoms with van der Waals surface area (Å²) in [7, 11) is 0. The summed E-state index contributed by atoms with van der Waals surface area (Å²) < 4.78 is 5.79. The lowest BCUT2D eigenvalue weighted by Gasteiger charge is -2.22. The second kappa shape index (κ2) is 12.7. The van der Waals surface area contributed by atoms with Gasteiger partial charge in [0.1, 0.15) is 17.4 Å². The van der Waals surface area contributed by atoms with E-state index in [0.717, 1.165) is 22.9 Å². The van der Waals surface area contributed by atoms with Crippen LogP contribution in [-0.2, 0) is 11.3 Å². The number of amides is 1. The van der Waals surface area contributed by atoms with Crippen LogP contribution in [0.5, 0.6) is 11.5 Å². The third-order valence-corrected chi connectivity index (χ3v) is 4.77. The molecule has 30 heavy (non-hydrogen) atoms. The first-order valence-corrected chi connectivity index (χ1v) is 10.8. The van der Waals surface area contributed by atoms with Crippen LogP contribution in [-0.4, -0.2) is 11.8 Å².